The Morgan fingerprint density at radius 2 is 1.29 bits per heavy atom. The molecule has 62 heavy (non-hydrogen) atoms. The van der Waals surface area contributed by atoms with Gasteiger partial charge in [0.1, 0.15) is 31.3 Å². The minimum atomic E-state index is -4.67. The fourth-order valence-electron chi connectivity index (χ4n) is 6.56. The second kappa shape index (κ2) is 35.5. The number of esters is 2. The average molecular weight is 892 g/mol. The number of nitrogens with zero attached hydrogens (tertiary/aromatic N) is 1. The highest BCUT2D eigenvalue weighted by molar-refractivity contribution is 7.45. The number of hydrogen-bond acceptors (Lipinski definition) is 10. The number of carbonyl (C=O) groups excluding carboxylic acids is 2. The molecule has 1 unspecified atom stereocenters. The first-order valence-electron chi connectivity index (χ1n) is 23.8. The minimum absolute atomic E-state index is 0.0582. The molecule has 0 aliphatic carbocycles. The summed E-state index contributed by atoms with van der Waals surface area (Å²) in [6, 6.07) is 0. The molecule has 1 aromatic heterocycles. The van der Waals surface area contributed by atoms with Gasteiger partial charge in [0.25, 0.3) is 7.82 Å². The third kappa shape index (κ3) is 32.0. The Kier molecular flexibility index (Phi) is 32.8. The van der Waals surface area contributed by atoms with E-state index in [2.05, 4.69) is 33.8 Å². The molecule has 1 N–H and O–H groups in total. The Hall–Kier alpha value is -2.79. The number of allylic oxidation sites excluding steroid dienone is 6. The van der Waals surface area contributed by atoms with Gasteiger partial charge in [0, 0.05) is 25.7 Å². The number of likely N-dealkylation sites (N-methyl/N-ethyl adjacent to an activating group) is 1. The quantitative estimate of drug-likeness (QED) is 0.0169. The summed E-state index contributed by atoms with van der Waals surface area (Å²) >= 11 is 0. The Balaban J connectivity index is 2.40. The molecular formula is C50H86NO10P. The predicted molar refractivity (Wildman–Crippen MR) is 250 cm³/mol. The molecule has 0 amide bonds. The van der Waals surface area contributed by atoms with Crippen LogP contribution in [0, 0.1) is 13.8 Å². The molecule has 12 heteroatoms. The lowest BCUT2D eigenvalue weighted by Gasteiger charge is -2.28. The summed E-state index contributed by atoms with van der Waals surface area (Å²) in [5.41, 5.74) is 2.64. The van der Waals surface area contributed by atoms with Crippen molar-refractivity contribution in [3.63, 3.8) is 0 Å². The summed E-state index contributed by atoms with van der Waals surface area (Å²) in [5.74, 6) is 1.35. The van der Waals surface area contributed by atoms with E-state index >= 15 is 0 Å². The van der Waals surface area contributed by atoms with Crippen LogP contribution in [-0.4, -0.2) is 81.2 Å². The SMILES string of the molecule is CCCCC/C=C\C[C@@H](O)/C=C/C=C\C/C=C\CCCC(=O)OC[C@H](COP(=O)([O-])OCC[N+](C)(C)C)OC(=O)CCCCCCCCCCc1oc(CCCCC)c(C)c1C. The topological polar surface area (TPSA) is 145 Å². The summed E-state index contributed by atoms with van der Waals surface area (Å²) in [5, 5.41) is 10.1. The molecule has 0 aliphatic rings. The first-order valence-corrected chi connectivity index (χ1v) is 25.3. The first kappa shape index (κ1) is 57.2. The van der Waals surface area contributed by atoms with Crippen molar-refractivity contribution in [2.24, 2.45) is 0 Å². The van der Waals surface area contributed by atoms with Crippen molar-refractivity contribution in [3.8, 4) is 0 Å². The number of aliphatic hydroxyl groups is 1. The molecule has 0 aliphatic heterocycles. The molecule has 0 fully saturated rings. The molecule has 1 rings (SSSR count). The molecule has 0 radical (unpaired) electrons. The van der Waals surface area contributed by atoms with Gasteiger partial charge in [0.2, 0.25) is 0 Å². The second-order valence-corrected chi connectivity index (χ2v) is 19.0. The van der Waals surface area contributed by atoms with Crippen LogP contribution in [0.2, 0.25) is 0 Å². The van der Waals surface area contributed by atoms with Crippen LogP contribution in [-0.2, 0) is 45.5 Å². The standard InChI is InChI=1S/C50H86NO10P/c1-8-10-12-13-22-28-33-45(52)34-29-23-18-14-16-20-25-31-37-49(53)57-41-46(42-59-62(55,56)58-40-39-51(5,6)7)60-50(54)38-32-26-21-17-15-19-24-30-36-48-44(4)43(3)47(61-48)35-27-11-9-2/h16,18,20,22-23,28-29,34,45-46,52H,8-15,17,19,21,24-27,30-33,35-42H2,1-7H3/b20-16-,23-18-,28-22-,34-29+/t45-,46-/m1/s1. The fourth-order valence-corrected chi connectivity index (χ4v) is 7.28. The zero-order valence-electron chi connectivity index (χ0n) is 39.9. The molecule has 1 heterocycles. The highest BCUT2D eigenvalue weighted by Gasteiger charge is 2.22. The van der Waals surface area contributed by atoms with Crippen LogP contribution in [0.3, 0.4) is 0 Å². The average Bonchev–Trinajstić information content (AvgIpc) is 3.48. The molecule has 0 spiro atoms. The van der Waals surface area contributed by atoms with Crippen molar-refractivity contribution in [3.05, 3.63) is 71.3 Å². The molecule has 0 bridgehead atoms. The van der Waals surface area contributed by atoms with Gasteiger partial charge in [-0.25, -0.2) is 0 Å². The monoisotopic (exact) mass is 892 g/mol. The van der Waals surface area contributed by atoms with E-state index in [9.17, 15) is 24.2 Å². The van der Waals surface area contributed by atoms with Crippen molar-refractivity contribution in [1.82, 2.24) is 0 Å². The van der Waals surface area contributed by atoms with E-state index in [1.165, 1.54) is 62.5 Å². The highest BCUT2D eigenvalue weighted by Crippen LogP contribution is 2.38. The molecule has 11 nitrogen and oxygen atoms in total. The summed E-state index contributed by atoms with van der Waals surface area (Å²) in [6.45, 7) is 8.33. The van der Waals surface area contributed by atoms with E-state index < -0.39 is 38.6 Å². The molecular weight excluding hydrogens is 806 g/mol. The summed E-state index contributed by atoms with van der Waals surface area (Å²) < 4.78 is 40.1. The number of rotatable bonds is 39. The Labute approximate surface area is 376 Å². The van der Waals surface area contributed by atoms with Crippen molar-refractivity contribution in [2.75, 3.05) is 47.5 Å². The Bertz CT molecular complexity index is 1490. The van der Waals surface area contributed by atoms with Crippen LogP contribution < -0.4 is 4.89 Å². The maximum Gasteiger partial charge on any atom is 0.306 e. The Morgan fingerprint density at radius 3 is 1.95 bits per heavy atom. The van der Waals surface area contributed by atoms with Crippen molar-refractivity contribution < 1.29 is 51.6 Å². The highest BCUT2D eigenvalue weighted by atomic mass is 31.2. The second-order valence-electron chi connectivity index (χ2n) is 17.6. The van der Waals surface area contributed by atoms with Gasteiger partial charge >= 0.3 is 11.9 Å². The van der Waals surface area contributed by atoms with Gasteiger partial charge in [0.05, 0.1) is 33.9 Å². The van der Waals surface area contributed by atoms with Crippen LogP contribution in [0.5, 0.6) is 0 Å². The first-order chi connectivity index (χ1) is 29.7. The van der Waals surface area contributed by atoms with E-state index in [1.54, 1.807) is 6.08 Å². The maximum absolute atomic E-state index is 12.8. The lowest BCUT2D eigenvalue weighted by atomic mass is 10.0. The number of unbranched alkanes of at least 4 members (excludes halogenated alkanes) is 13. The molecule has 0 saturated carbocycles. The van der Waals surface area contributed by atoms with Crippen LogP contribution in [0.25, 0.3) is 0 Å². The smallest absolute Gasteiger partial charge is 0.306 e. The number of aryl methyl sites for hydroxylation is 2. The van der Waals surface area contributed by atoms with Crippen LogP contribution in [0.15, 0.2) is 53.0 Å². The molecule has 0 aromatic carbocycles. The minimum Gasteiger partial charge on any atom is -0.756 e. The fraction of sp³-hybridized carbons (Fsp3) is 0.720. The summed E-state index contributed by atoms with van der Waals surface area (Å²) in [4.78, 5) is 37.7. The largest absolute Gasteiger partial charge is 0.756 e. The predicted octanol–water partition coefficient (Wildman–Crippen LogP) is 11.5. The summed E-state index contributed by atoms with van der Waals surface area (Å²) in [7, 11) is 1.07. The molecule has 1 aromatic rings. The number of ether oxygens (including phenoxy) is 2. The number of furan rings is 1. The van der Waals surface area contributed by atoms with Gasteiger partial charge in [-0.2, -0.15) is 0 Å². The van der Waals surface area contributed by atoms with Gasteiger partial charge in [-0.15, -0.1) is 0 Å². The number of aliphatic hydroxyl groups excluding tert-OH is 1. The molecule has 0 saturated heterocycles. The van der Waals surface area contributed by atoms with Crippen molar-refractivity contribution in [1.29, 1.82) is 0 Å². The third-order valence-corrected chi connectivity index (χ3v) is 11.6. The van der Waals surface area contributed by atoms with E-state index in [0.717, 1.165) is 69.3 Å². The zero-order chi connectivity index (χ0) is 45.9. The maximum atomic E-state index is 12.8. The number of hydrogen-bond donors (Lipinski definition) is 1. The van der Waals surface area contributed by atoms with Crippen LogP contribution in [0.1, 0.15) is 171 Å². The van der Waals surface area contributed by atoms with Gasteiger partial charge in [-0.1, -0.05) is 127 Å². The normalized spacial score (nSPS) is 14.4. The molecule has 356 valence electrons. The van der Waals surface area contributed by atoms with Crippen LogP contribution >= 0.6 is 7.82 Å². The number of phosphoric acid groups is 1. The van der Waals surface area contributed by atoms with Crippen LogP contribution in [0.4, 0.5) is 0 Å². The summed E-state index contributed by atoms with van der Waals surface area (Å²) in [6.07, 6.45) is 35.7. The number of phosphoric ester groups is 1. The van der Waals surface area contributed by atoms with Gasteiger partial charge in [-0.3, -0.25) is 14.2 Å². The van der Waals surface area contributed by atoms with Crippen molar-refractivity contribution >= 4 is 19.8 Å². The van der Waals surface area contributed by atoms with E-state index in [0.29, 0.717) is 36.7 Å². The lowest BCUT2D eigenvalue weighted by molar-refractivity contribution is -0.870. The van der Waals surface area contributed by atoms with Gasteiger partial charge in [0.15, 0.2) is 6.10 Å². The zero-order valence-corrected chi connectivity index (χ0v) is 40.8. The third-order valence-electron chi connectivity index (χ3n) is 10.6. The number of carbonyl (C=O) groups is 2. The molecule has 3 atom stereocenters. The van der Waals surface area contributed by atoms with Gasteiger partial charge in [-0.05, 0) is 82.8 Å². The van der Waals surface area contributed by atoms with Gasteiger partial charge < -0.3 is 37.4 Å². The number of quaternary nitrogens is 1. The van der Waals surface area contributed by atoms with E-state index in [1.807, 2.05) is 57.6 Å². The van der Waals surface area contributed by atoms with E-state index in [-0.39, 0.29) is 26.1 Å². The lowest BCUT2D eigenvalue weighted by Crippen LogP contribution is -2.37. The van der Waals surface area contributed by atoms with E-state index in [4.69, 9.17) is 22.9 Å². The van der Waals surface area contributed by atoms with Crippen molar-refractivity contribution in [2.45, 2.75) is 188 Å². The Morgan fingerprint density at radius 1 is 0.710 bits per heavy atom.